The Morgan fingerprint density at radius 3 is 2.36 bits per heavy atom. The summed E-state index contributed by atoms with van der Waals surface area (Å²) in [6.45, 7) is 4.21. The van der Waals surface area contributed by atoms with Gasteiger partial charge in [-0.05, 0) is 81.5 Å². The molecular weight excluding hydrogens is 474 g/mol. The van der Waals surface area contributed by atoms with Gasteiger partial charge >= 0.3 is 0 Å². The molecule has 1 aliphatic heterocycles. The number of aliphatic hydroxyl groups excluding tert-OH is 1. The minimum atomic E-state index is -0.300. The van der Waals surface area contributed by atoms with E-state index in [4.69, 9.17) is 16.3 Å². The van der Waals surface area contributed by atoms with Gasteiger partial charge in [0.1, 0.15) is 5.75 Å². The number of methoxy groups -OCH3 is 1. The van der Waals surface area contributed by atoms with E-state index >= 15 is 0 Å². The Bertz CT molecular complexity index is 1330. The molecule has 0 saturated heterocycles. The lowest BCUT2D eigenvalue weighted by Crippen LogP contribution is -2.42. The fraction of sp³-hybridized carbons (Fsp3) is 0.379. The number of nitrogens with zero attached hydrogens (tertiary/aromatic N) is 3. The first-order valence-electron chi connectivity index (χ1n) is 12.4. The van der Waals surface area contributed by atoms with Gasteiger partial charge in [0, 0.05) is 22.7 Å². The van der Waals surface area contributed by atoms with Crippen LogP contribution in [0.5, 0.6) is 5.75 Å². The van der Waals surface area contributed by atoms with Gasteiger partial charge in [0.15, 0.2) is 0 Å². The van der Waals surface area contributed by atoms with Crippen molar-refractivity contribution in [3.8, 4) is 23.1 Å². The summed E-state index contributed by atoms with van der Waals surface area (Å²) in [5, 5.41) is 20.3. The van der Waals surface area contributed by atoms with Gasteiger partial charge in [-0.1, -0.05) is 23.7 Å². The SMILES string of the molecule is COc1ccc(C#N)cc1-c1cc2c(n1C(C)C)C(c1ccc(Cl)cc1)N(C1CCC(O)CC1)C2=O. The molecule has 1 N–H and O–H groups in total. The number of nitriles is 1. The maximum absolute atomic E-state index is 14.1. The summed E-state index contributed by atoms with van der Waals surface area (Å²) < 4.78 is 7.87. The average Bonchev–Trinajstić information content (AvgIpc) is 3.40. The monoisotopic (exact) mass is 503 g/mol. The molecule has 1 fully saturated rings. The van der Waals surface area contributed by atoms with E-state index in [0.717, 1.165) is 35.4 Å². The van der Waals surface area contributed by atoms with Crippen molar-refractivity contribution in [1.29, 1.82) is 5.26 Å². The standard InChI is InChI=1S/C29H30ClN3O3/c1-17(2)32-25(23-14-18(16-31)4-13-26(23)36-3)15-24-28(32)27(19-5-7-20(30)8-6-19)33(29(24)35)21-9-11-22(34)12-10-21/h4-8,13-15,17,21-22,27,34H,9-12H2,1-3H3. The molecule has 1 atom stereocenters. The van der Waals surface area contributed by atoms with Gasteiger partial charge in [0.05, 0.1) is 47.8 Å². The van der Waals surface area contributed by atoms with Crippen molar-refractivity contribution >= 4 is 17.5 Å². The third-order valence-electron chi connectivity index (χ3n) is 7.44. The number of carbonyl (C=O) groups is 1. The summed E-state index contributed by atoms with van der Waals surface area (Å²) in [6, 6.07) is 17.1. The Morgan fingerprint density at radius 2 is 1.75 bits per heavy atom. The van der Waals surface area contributed by atoms with Gasteiger partial charge in [-0.2, -0.15) is 5.26 Å². The van der Waals surface area contributed by atoms with E-state index < -0.39 is 0 Å². The molecule has 1 amide bonds. The van der Waals surface area contributed by atoms with E-state index in [1.54, 1.807) is 19.2 Å². The minimum absolute atomic E-state index is 0.00222. The molecule has 0 bridgehead atoms. The van der Waals surface area contributed by atoms with E-state index in [2.05, 4.69) is 24.5 Å². The molecule has 7 heteroatoms. The highest BCUT2D eigenvalue weighted by Gasteiger charge is 2.46. The smallest absolute Gasteiger partial charge is 0.256 e. The zero-order valence-corrected chi connectivity index (χ0v) is 21.5. The fourth-order valence-corrected chi connectivity index (χ4v) is 5.92. The maximum Gasteiger partial charge on any atom is 0.256 e. The number of aromatic nitrogens is 1. The highest BCUT2D eigenvalue weighted by molar-refractivity contribution is 6.30. The molecule has 3 aromatic rings. The number of halogens is 1. The largest absolute Gasteiger partial charge is 0.496 e. The average molecular weight is 504 g/mol. The van der Waals surface area contributed by atoms with E-state index in [1.807, 2.05) is 41.3 Å². The van der Waals surface area contributed by atoms with Gasteiger partial charge in [-0.15, -0.1) is 0 Å². The zero-order chi connectivity index (χ0) is 25.6. The Hall–Kier alpha value is -3.27. The normalized spacial score (nSPS) is 21.5. The first kappa shape index (κ1) is 24.4. The van der Waals surface area contributed by atoms with Crippen LogP contribution in [-0.2, 0) is 0 Å². The van der Waals surface area contributed by atoms with Crippen molar-refractivity contribution in [2.75, 3.05) is 7.11 Å². The van der Waals surface area contributed by atoms with Gasteiger partial charge in [-0.3, -0.25) is 4.79 Å². The van der Waals surface area contributed by atoms with Crippen molar-refractivity contribution < 1.29 is 14.6 Å². The van der Waals surface area contributed by atoms with Gasteiger partial charge in [-0.25, -0.2) is 0 Å². The summed E-state index contributed by atoms with van der Waals surface area (Å²) in [5.74, 6) is 0.656. The number of benzene rings is 2. The van der Waals surface area contributed by atoms with Crippen LogP contribution in [0.4, 0.5) is 0 Å². The molecule has 1 aromatic heterocycles. The molecule has 2 aromatic carbocycles. The van der Waals surface area contributed by atoms with Gasteiger partial charge < -0.3 is 19.3 Å². The van der Waals surface area contributed by atoms with Crippen LogP contribution in [-0.4, -0.2) is 39.7 Å². The zero-order valence-electron chi connectivity index (χ0n) is 20.7. The molecule has 5 rings (SSSR count). The number of fused-ring (bicyclic) bond motifs is 1. The molecular formula is C29H30ClN3O3. The summed E-state index contributed by atoms with van der Waals surface area (Å²) in [4.78, 5) is 16.1. The molecule has 6 nitrogen and oxygen atoms in total. The molecule has 186 valence electrons. The summed E-state index contributed by atoms with van der Waals surface area (Å²) in [6.07, 6.45) is 2.63. The van der Waals surface area contributed by atoms with Crippen LogP contribution in [0.15, 0.2) is 48.5 Å². The van der Waals surface area contributed by atoms with Crippen LogP contribution < -0.4 is 4.74 Å². The molecule has 1 aliphatic carbocycles. The number of carbonyl (C=O) groups excluding carboxylic acids is 1. The summed E-state index contributed by atoms with van der Waals surface area (Å²) in [7, 11) is 1.61. The number of ether oxygens (including phenoxy) is 1. The molecule has 0 radical (unpaired) electrons. The third-order valence-corrected chi connectivity index (χ3v) is 7.70. The highest BCUT2D eigenvalue weighted by atomic mass is 35.5. The summed E-state index contributed by atoms with van der Waals surface area (Å²) in [5.41, 5.74) is 4.80. The van der Waals surface area contributed by atoms with Crippen LogP contribution in [0.25, 0.3) is 11.3 Å². The lowest BCUT2D eigenvalue weighted by atomic mass is 9.90. The van der Waals surface area contributed by atoms with E-state index in [9.17, 15) is 15.2 Å². The Kier molecular flexibility index (Phi) is 6.55. The summed E-state index contributed by atoms with van der Waals surface area (Å²) >= 11 is 6.22. The van der Waals surface area contributed by atoms with Crippen molar-refractivity contribution in [3.05, 3.63) is 75.9 Å². The fourth-order valence-electron chi connectivity index (χ4n) is 5.80. The number of rotatable bonds is 5. The van der Waals surface area contributed by atoms with Crippen molar-refractivity contribution in [3.63, 3.8) is 0 Å². The second-order valence-electron chi connectivity index (χ2n) is 9.95. The second kappa shape index (κ2) is 9.65. The first-order chi connectivity index (χ1) is 17.3. The molecule has 36 heavy (non-hydrogen) atoms. The number of aliphatic hydroxyl groups is 1. The van der Waals surface area contributed by atoms with Crippen LogP contribution >= 0.6 is 11.6 Å². The lowest BCUT2D eigenvalue weighted by Gasteiger charge is -2.38. The molecule has 1 saturated carbocycles. The van der Waals surface area contributed by atoms with E-state index in [0.29, 0.717) is 34.7 Å². The molecule has 2 heterocycles. The maximum atomic E-state index is 14.1. The first-order valence-corrected chi connectivity index (χ1v) is 12.8. The Balaban J connectivity index is 1.72. The van der Waals surface area contributed by atoms with Gasteiger partial charge in [0.2, 0.25) is 0 Å². The minimum Gasteiger partial charge on any atom is -0.496 e. The topological polar surface area (TPSA) is 78.5 Å². The van der Waals surface area contributed by atoms with Crippen LogP contribution in [0, 0.1) is 11.3 Å². The second-order valence-corrected chi connectivity index (χ2v) is 10.4. The van der Waals surface area contributed by atoms with E-state index in [1.165, 1.54) is 0 Å². The Labute approximate surface area is 216 Å². The molecule has 1 unspecified atom stereocenters. The van der Waals surface area contributed by atoms with Crippen molar-refractivity contribution in [2.24, 2.45) is 0 Å². The predicted molar refractivity (Wildman–Crippen MR) is 139 cm³/mol. The van der Waals surface area contributed by atoms with Crippen LogP contribution in [0.2, 0.25) is 5.02 Å². The predicted octanol–water partition coefficient (Wildman–Crippen LogP) is 6.12. The van der Waals surface area contributed by atoms with Gasteiger partial charge in [0.25, 0.3) is 5.91 Å². The molecule has 2 aliphatic rings. The number of amides is 1. The van der Waals surface area contributed by atoms with Crippen LogP contribution in [0.1, 0.15) is 78.8 Å². The highest BCUT2D eigenvalue weighted by Crippen LogP contribution is 2.47. The van der Waals surface area contributed by atoms with E-state index in [-0.39, 0.29) is 30.1 Å². The number of hydrogen-bond donors (Lipinski definition) is 1. The lowest BCUT2D eigenvalue weighted by molar-refractivity contribution is 0.0458. The molecule has 0 spiro atoms. The van der Waals surface area contributed by atoms with Crippen LogP contribution in [0.3, 0.4) is 0 Å². The van der Waals surface area contributed by atoms with Crippen molar-refractivity contribution in [2.45, 2.75) is 63.8 Å². The quantitative estimate of drug-likeness (QED) is 0.455. The third kappa shape index (κ3) is 4.07. The van der Waals surface area contributed by atoms with Crippen molar-refractivity contribution in [1.82, 2.24) is 9.47 Å². The number of hydrogen-bond acceptors (Lipinski definition) is 4. The Morgan fingerprint density at radius 1 is 1.06 bits per heavy atom.